The number of rotatable bonds is 7. The summed E-state index contributed by atoms with van der Waals surface area (Å²) in [5.74, 6) is -0.777. The average Bonchev–Trinajstić information content (AvgIpc) is 3.31. The van der Waals surface area contributed by atoms with Gasteiger partial charge in [-0.05, 0) is 19.3 Å². The van der Waals surface area contributed by atoms with Crippen LogP contribution in [0.25, 0.3) is 0 Å². The first kappa shape index (κ1) is 24.6. The number of carbonyl (C=O) groups excluding carboxylic acids is 4. The van der Waals surface area contributed by atoms with Gasteiger partial charge in [-0.2, -0.15) is 4.48 Å². The number of alkyl carbamates (subject to hydrolysis) is 1. The summed E-state index contributed by atoms with van der Waals surface area (Å²) < 4.78 is 9.60. The van der Waals surface area contributed by atoms with Gasteiger partial charge in [-0.25, -0.2) is 24.8 Å². The minimum absolute atomic E-state index is 0.177. The molecule has 0 aromatic carbocycles. The van der Waals surface area contributed by atoms with Crippen molar-refractivity contribution >= 4 is 24.4 Å². The summed E-state index contributed by atoms with van der Waals surface area (Å²) in [6.45, 7) is 6.47. The van der Waals surface area contributed by atoms with Crippen LogP contribution >= 0.6 is 0 Å². The molecular weight excluding hydrogens is 418 g/mol. The lowest BCUT2D eigenvalue weighted by Crippen LogP contribution is -2.67. The van der Waals surface area contributed by atoms with Crippen molar-refractivity contribution < 1.29 is 38.3 Å². The van der Waals surface area contributed by atoms with Crippen molar-refractivity contribution in [1.29, 1.82) is 0 Å². The molecule has 0 radical (unpaired) electrons. The van der Waals surface area contributed by atoms with E-state index in [4.69, 9.17) is 9.47 Å². The number of carbonyl (C=O) groups is 4. The van der Waals surface area contributed by atoms with E-state index in [1.165, 1.54) is 0 Å². The molecule has 2 saturated heterocycles. The van der Waals surface area contributed by atoms with Crippen LogP contribution < -0.4 is 5.32 Å². The average molecular weight is 455 g/mol. The third-order valence-corrected chi connectivity index (χ3v) is 7.72. The van der Waals surface area contributed by atoms with Crippen molar-refractivity contribution in [1.82, 2.24) is 10.4 Å². The van der Waals surface area contributed by atoms with Crippen LogP contribution in [-0.4, -0.2) is 77.6 Å². The van der Waals surface area contributed by atoms with Crippen molar-refractivity contribution in [3.05, 3.63) is 0 Å². The van der Waals surface area contributed by atoms with E-state index in [0.29, 0.717) is 23.8 Å². The molecule has 3 atom stereocenters. The van der Waals surface area contributed by atoms with E-state index < -0.39 is 34.7 Å². The minimum atomic E-state index is -0.894. The Kier molecular flexibility index (Phi) is 7.57. The smallest absolute Gasteiger partial charge is 0.433 e. The Hall–Kier alpha value is -2.04. The van der Waals surface area contributed by atoms with Gasteiger partial charge in [0.1, 0.15) is 6.04 Å². The largest absolute Gasteiger partial charge is 0.441 e. The Morgan fingerprint density at radius 1 is 1.28 bits per heavy atom. The maximum Gasteiger partial charge on any atom is 0.433 e. The maximum absolute atomic E-state index is 14.0. The van der Waals surface area contributed by atoms with Gasteiger partial charge in [0.05, 0.1) is 32.2 Å². The first-order valence-corrected chi connectivity index (χ1v) is 11.5. The molecule has 10 nitrogen and oxygen atoms in total. The molecule has 0 spiro atoms. The lowest BCUT2D eigenvalue weighted by atomic mass is 9.84. The quantitative estimate of drug-likeness (QED) is 0.262. The number of nitrogens with one attached hydrogen (secondary N) is 1. The molecule has 5 amide bonds. The topological polar surface area (TPSA) is 122 Å². The van der Waals surface area contributed by atoms with E-state index in [9.17, 15) is 24.4 Å². The predicted octanol–water partition coefficient (Wildman–Crippen LogP) is 2.44. The van der Waals surface area contributed by atoms with Crippen LogP contribution in [0.2, 0.25) is 0 Å². The van der Waals surface area contributed by atoms with Gasteiger partial charge in [0.25, 0.3) is 0 Å². The van der Waals surface area contributed by atoms with Crippen LogP contribution in [-0.2, 0) is 19.1 Å². The van der Waals surface area contributed by atoms with Crippen molar-refractivity contribution in [3.8, 4) is 0 Å². The van der Waals surface area contributed by atoms with Crippen LogP contribution in [0.5, 0.6) is 0 Å². The fourth-order valence-corrected chi connectivity index (χ4v) is 5.29. The molecule has 1 saturated carbocycles. The van der Waals surface area contributed by atoms with Crippen molar-refractivity contribution in [2.45, 2.75) is 71.4 Å². The zero-order valence-electron chi connectivity index (χ0n) is 19.2. The highest BCUT2D eigenvalue weighted by Gasteiger charge is 2.61. The summed E-state index contributed by atoms with van der Waals surface area (Å²) in [6.07, 6.45) is 4.23. The lowest BCUT2D eigenvalue weighted by molar-refractivity contribution is -0.791. The summed E-state index contributed by atoms with van der Waals surface area (Å²) in [5, 5.41) is 12.6. The summed E-state index contributed by atoms with van der Waals surface area (Å²) >= 11 is 0. The monoisotopic (exact) mass is 454 g/mol. The molecule has 0 aromatic rings. The van der Waals surface area contributed by atoms with E-state index in [1.807, 2.05) is 20.8 Å². The molecule has 0 aromatic heterocycles. The first-order valence-electron chi connectivity index (χ1n) is 11.5. The molecule has 3 aliphatic rings. The van der Waals surface area contributed by atoms with Gasteiger partial charge < -0.3 is 9.47 Å². The molecule has 180 valence electrons. The van der Waals surface area contributed by atoms with Gasteiger partial charge in [-0.3, -0.25) is 10.0 Å². The SMILES string of the molecule is C[C@@H]1C(C)(C)CC[N+]1(C(=O)NC(=O)OC1COC1)C(=O)[C@H](CC1CCCC1)CN(O)C=O. The molecule has 1 unspecified atom stereocenters. The number of hydroxylamine groups is 2. The fraction of sp³-hybridized carbons (Fsp3) is 0.818. The molecular formula is C22H36N3O7+. The molecule has 3 rings (SSSR count). The molecule has 2 aliphatic heterocycles. The Labute approximate surface area is 188 Å². The predicted molar refractivity (Wildman–Crippen MR) is 112 cm³/mol. The number of likely N-dealkylation sites (tertiary alicyclic amines) is 1. The van der Waals surface area contributed by atoms with Gasteiger partial charge in [0, 0.05) is 11.8 Å². The Balaban J connectivity index is 1.86. The van der Waals surface area contributed by atoms with Crippen LogP contribution in [0.4, 0.5) is 9.59 Å². The number of hydrogen-bond acceptors (Lipinski definition) is 7. The summed E-state index contributed by atoms with van der Waals surface area (Å²) in [7, 11) is 0. The number of amides is 5. The highest BCUT2D eigenvalue weighted by atomic mass is 16.6. The zero-order valence-corrected chi connectivity index (χ0v) is 19.2. The summed E-state index contributed by atoms with van der Waals surface area (Å²) in [4.78, 5) is 50.9. The molecule has 3 fully saturated rings. The van der Waals surface area contributed by atoms with Gasteiger partial charge in [-0.1, -0.05) is 39.5 Å². The second-order valence-corrected chi connectivity index (χ2v) is 10.2. The normalized spacial score (nSPS) is 28.6. The number of urea groups is 1. The van der Waals surface area contributed by atoms with E-state index in [1.54, 1.807) is 0 Å². The number of nitrogens with zero attached hydrogens (tertiary/aromatic N) is 2. The minimum Gasteiger partial charge on any atom is -0.441 e. The number of quaternary nitrogens is 1. The zero-order chi connectivity index (χ0) is 23.5. The summed E-state index contributed by atoms with van der Waals surface area (Å²) in [6, 6.07) is -1.12. The van der Waals surface area contributed by atoms with Gasteiger partial charge in [0.15, 0.2) is 6.10 Å². The molecule has 1 aliphatic carbocycles. The molecule has 32 heavy (non-hydrogen) atoms. The van der Waals surface area contributed by atoms with Gasteiger partial charge in [-0.15, -0.1) is 0 Å². The Morgan fingerprint density at radius 2 is 1.94 bits per heavy atom. The Bertz CT molecular complexity index is 733. The lowest BCUT2D eigenvalue weighted by Gasteiger charge is -2.38. The molecule has 2 N–H and O–H groups in total. The van der Waals surface area contributed by atoms with Crippen LogP contribution in [0.1, 0.15) is 59.3 Å². The van der Waals surface area contributed by atoms with Crippen molar-refractivity contribution in [2.75, 3.05) is 26.3 Å². The highest BCUT2D eigenvalue weighted by molar-refractivity contribution is 5.94. The van der Waals surface area contributed by atoms with Crippen molar-refractivity contribution in [3.63, 3.8) is 0 Å². The van der Waals surface area contributed by atoms with Crippen LogP contribution in [0.3, 0.4) is 0 Å². The van der Waals surface area contributed by atoms with Crippen LogP contribution in [0.15, 0.2) is 0 Å². The number of ether oxygens (including phenoxy) is 2. The second-order valence-electron chi connectivity index (χ2n) is 10.2. The van der Waals surface area contributed by atoms with E-state index in [-0.39, 0.29) is 44.0 Å². The third-order valence-electron chi connectivity index (χ3n) is 7.72. The first-order chi connectivity index (χ1) is 15.1. The van der Waals surface area contributed by atoms with E-state index in [2.05, 4.69) is 5.32 Å². The van der Waals surface area contributed by atoms with Gasteiger partial charge >= 0.3 is 18.0 Å². The second kappa shape index (κ2) is 9.84. The van der Waals surface area contributed by atoms with Crippen molar-refractivity contribution in [2.24, 2.45) is 17.3 Å². The molecule has 10 heteroatoms. The van der Waals surface area contributed by atoms with E-state index >= 15 is 0 Å². The summed E-state index contributed by atoms with van der Waals surface area (Å²) in [5.41, 5.74) is -0.319. The fourth-order valence-electron chi connectivity index (χ4n) is 5.29. The van der Waals surface area contributed by atoms with Crippen LogP contribution in [0, 0.1) is 17.3 Å². The number of imide groups is 2. The van der Waals surface area contributed by atoms with E-state index in [0.717, 1.165) is 25.7 Å². The molecule has 0 bridgehead atoms. The highest BCUT2D eigenvalue weighted by Crippen LogP contribution is 2.44. The molecule has 2 heterocycles. The van der Waals surface area contributed by atoms with Gasteiger partial charge in [0.2, 0.25) is 6.41 Å². The third kappa shape index (κ3) is 4.97. The maximum atomic E-state index is 14.0. The number of hydrogen-bond donors (Lipinski definition) is 2. The standard InChI is InChI=1S/C22H35N3O7/c1-15-22(2,3)8-9-25(15,20(28)23-21(29)32-18-12-31-13-18)19(27)17(11-24(30)14-26)10-16-6-4-5-7-16/h14-18,30H,4-13H2,1-3H3/p+1/t15-,17-,25?/m1/s1. The Morgan fingerprint density at radius 3 is 2.44 bits per heavy atom.